The molecule has 0 aliphatic heterocycles. The van der Waals surface area contributed by atoms with E-state index in [-0.39, 0.29) is 32.9 Å². The van der Waals surface area contributed by atoms with Crippen LogP contribution in [-0.2, 0) is 0 Å². The number of carbonyl (C=O) groups excluding carboxylic acids is 1. The lowest BCUT2D eigenvalue weighted by Crippen LogP contribution is -2.16. The Balaban J connectivity index is 2.27. The number of aromatic nitrogens is 4. The van der Waals surface area contributed by atoms with E-state index in [0.717, 1.165) is 0 Å². The topological polar surface area (TPSA) is 89.9 Å². The molecule has 0 aromatic carbocycles. The van der Waals surface area contributed by atoms with Crippen molar-refractivity contribution in [3.63, 3.8) is 0 Å². The summed E-state index contributed by atoms with van der Waals surface area (Å²) < 4.78 is 4.91. The number of rotatable bonds is 3. The van der Waals surface area contributed by atoms with E-state index in [1.165, 1.54) is 19.2 Å². The Morgan fingerprint density at radius 1 is 1.15 bits per heavy atom. The minimum atomic E-state index is -0.601. The second kappa shape index (κ2) is 6.17. The molecule has 0 radical (unpaired) electrons. The smallest absolute Gasteiger partial charge is 0.261 e. The van der Waals surface area contributed by atoms with Gasteiger partial charge in [0.1, 0.15) is 5.15 Å². The maximum atomic E-state index is 12.0. The molecule has 0 aliphatic rings. The molecule has 7 nitrogen and oxygen atoms in total. The van der Waals surface area contributed by atoms with Gasteiger partial charge >= 0.3 is 0 Å². The van der Waals surface area contributed by atoms with Crippen molar-refractivity contribution in [1.82, 2.24) is 20.2 Å². The largest absolute Gasteiger partial charge is 0.481 e. The summed E-state index contributed by atoms with van der Waals surface area (Å²) in [5, 5.41) is 9.48. The minimum Gasteiger partial charge on any atom is -0.481 e. The third-order valence-corrected chi connectivity index (χ3v) is 2.73. The van der Waals surface area contributed by atoms with Crippen LogP contribution in [0.3, 0.4) is 0 Å². The predicted octanol–water partition coefficient (Wildman–Crippen LogP) is 2.49. The molecule has 2 aromatic rings. The Morgan fingerprint density at radius 3 is 2.60 bits per heavy atom. The van der Waals surface area contributed by atoms with Crippen molar-refractivity contribution in [3.8, 4) is 5.88 Å². The summed E-state index contributed by atoms with van der Waals surface area (Å²) in [6.45, 7) is 0. The van der Waals surface area contributed by atoms with Crippen LogP contribution in [-0.4, -0.2) is 33.2 Å². The zero-order valence-electron chi connectivity index (χ0n) is 9.89. The van der Waals surface area contributed by atoms with Gasteiger partial charge in [-0.1, -0.05) is 34.8 Å². The number of halogens is 3. The highest BCUT2D eigenvalue weighted by Crippen LogP contribution is 2.19. The highest BCUT2D eigenvalue weighted by Gasteiger charge is 2.15. The molecule has 2 aromatic heterocycles. The number of nitrogens with one attached hydrogen (secondary N) is 1. The van der Waals surface area contributed by atoms with Gasteiger partial charge < -0.3 is 4.74 Å². The lowest BCUT2D eigenvalue weighted by Gasteiger charge is -2.06. The third-order valence-electron chi connectivity index (χ3n) is 2.07. The second-order valence-electron chi connectivity index (χ2n) is 3.38. The Bertz CT molecular complexity index is 667. The number of hydrogen-bond donors (Lipinski definition) is 1. The van der Waals surface area contributed by atoms with Crippen molar-refractivity contribution >= 4 is 46.7 Å². The number of hydrogen-bond acceptors (Lipinski definition) is 6. The molecule has 0 saturated carbocycles. The summed E-state index contributed by atoms with van der Waals surface area (Å²) >= 11 is 17.2. The van der Waals surface area contributed by atoms with Crippen LogP contribution in [0.1, 0.15) is 10.4 Å². The first-order valence-electron chi connectivity index (χ1n) is 5.08. The number of methoxy groups -OCH3 is 1. The fourth-order valence-electron chi connectivity index (χ4n) is 1.24. The normalized spacial score (nSPS) is 10.2. The maximum Gasteiger partial charge on any atom is 0.261 e. The fourth-order valence-corrected chi connectivity index (χ4v) is 1.74. The van der Waals surface area contributed by atoms with Crippen LogP contribution in [0.2, 0.25) is 15.5 Å². The van der Waals surface area contributed by atoms with Gasteiger partial charge in [0, 0.05) is 6.07 Å². The highest BCUT2D eigenvalue weighted by atomic mass is 35.5. The summed E-state index contributed by atoms with van der Waals surface area (Å²) in [7, 11) is 1.41. The molecule has 0 bridgehead atoms. The standard InChI is InChI=1S/C10H6Cl3N5O2/c1-20-7-3-5(11)14-10(15-7)16-9(19)4-2-6(12)17-18-8(4)13/h2-3H,1H3,(H,14,15,16,19). The third kappa shape index (κ3) is 3.44. The number of ether oxygens (including phenoxy) is 1. The first-order chi connectivity index (χ1) is 9.49. The Labute approximate surface area is 128 Å². The molecule has 104 valence electrons. The molecule has 20 heavy (non-hydrogen) atoms. The van der Waals surface area contributed by atoms with Gasteiger partial charge in [-0.2, -0.15) is 4.98 Å². The molecule has 0 saturated heterocycles. The van der Waals surface area contributed by atoms with Crippen LogP contribution >= 0.6 is 34.8 Å². The molecule has 2 rings (SSSR count). The number of nitrogens with zero attached hydrogens (tertiary/aromatic N) is 4. The van der Waals surface area contributed by atoms with Gasteiger partial charge in [0.15, 0.2) is 10.3 Å². The van der Waals surface area contributed by atoms with E-state index in [9.17, 15) is 4.79 Å². The minimum absolute atomic E-state index is 0.0316. The number of amides is 1. The molecule has 0 spiro atoms. The molecular weight excluding hydrogens is 329 g/mol. The summed E-state index contributed by atoms with van der Waals surface area (Å²) in [5.41, 5.74) is 0.0363. The lowest BCUT2D eigenvalue weighted by molar-refractivity contribution is 0.102. The van der Waals surface area contributed by atoms with E-state index in [2.05, 4.69) is 25.5 Å². The van der Waals surface area contributed by atoms with E-state index in [0.29, 0.717) is 0 Å². The molecular formula is C10H6Cl3N5O2. The van der Waals surface area contributed by atoms with Crippen LogP contribution in [0.25, 0.3) is 0 Å². The van der Waals surface area contributed by atoms with Gasteiger partial charge in [0.25, 0.3) is 5.91 Å². The zero-order valence-corrected chi connectivity index (χ0v) is 12.2. The first kappa shape index (κ1) is 14.7. The zero-order chi connectivity index (χ0) is 14.7. The van der Waals surface area contributed by atoms with E-state index in [1.54, 1.807) is 0 Å². The van der Waals surface area contributed by atoms with Crippen LogP contribution in [0.15, 0.2) is 12.1 Å². The van der Waals surface area contributed by atoms with Gasteiger partial charge in [-0.3, -0.25) is 10.1 Å². The van der Waals surface area contributed by atoms with Gasteiger partial charge in [0.2, 0.25) is 11.8 Å². The average molecular weight is 335 g/mol. The number of carbonyl (C=O) groups is 1. The Hall–Kier alpha value is -1.70. The average Bonchev–Trinajstić information content (AvgIpc) is 2.40. The second-order valence-corrected chi connectivity index (χ2v) is 4.51. The molecule has 10 heteroatoms. The van der Waals surface area contributed by atoms with Crippen molar-refractivity contribution in [2.24, 2.45) is 0 Å². The van der Waals surface area contributed by atoms with Gasteiger partial charge in [-0.15, -0.1) is 10.2 Å². The van der Waals surface area contributed by atoms with Crippen molar-refractivity contribution in [1.29, 1.82) is 0 Å². The lowest BCUT2D eigenvalue weighted by atomic mass is 10.3. The van der Waals surface area contributed by atoms with Crippen LogP contribution in [0.4, 0.5) is 5.95 Å². The summed E-state index contributed by atoms with van der Waals surface area (Å²) in [5.74, 6) is -0.434. The van der Waals surface area contributed by atoms with E-state index in [4.69, 9.17) is 39.5 Å². The predicted molar refractivity (Wildman–Crippen MR) is 73.6 cm³/mol. The number of anilines is 1. The van der Waals surface area contributed by atoms with Crippen LogP contribution in [0, 0.1) is 0 Å². The molecule has 0 unspecified atom stereocenters. The summed E-state index contributed by atoms with van der Waals surface area (Å²) in [4.78, 5) is 19.7. The molecule has 1 amide bonds. The summed E-state index contributed by atoms with van der Waals surface area (Å²) in [6, 6.07) is 2.67. The summed E-state index contributed by atoms with van der Waals surface area (Å²) in [6.07, 6.45) is 0. The van der Waals surface area contributed by atoms with Crippen LogP contribution in [0.5, 0.6) is 5.88 Å². The molecule has 2 heterocycles. The van der Waals surface area contributed by atoms with E-state index >= 15 is 0 Å². The van der Waals surface area contributed by atoms with Crippen LogP contribution < -0.4 is 10.1 Å². The SMILES string of the molecule is COc1cc(Cl)nc(NC(=O)c2cc(Cl)nnc2Cl)n1. The fraction of sp³-hybridized carbons (Fsp3) is 0.100. The molecule has 0 aliphatic carbocycles. The monoisotopic (exact) mass is 333 g/mol. The van der Waals surface area contributed by atoms with Crippen molar-refractivity contribution in [3.05, 3.63) is 33.2 Å². The Kier molecular flexibility index (Phi) is 4.53. The van der Waals surface area contributed by atoms with E-state index in [1.807, 2.05) is 0 Å². The van der Waals surface area contributed by atoms with Crippen molar-refractivity contribution in [2.45, 2.75) is 0 Å². The van der Waals surface area contributed by atoms with Gasteiger partial charge in [-0.05, 0) is 6.07 Å². The maximum absolute atomic E-state index is 12.0. The molecule has 0 fully saturated rings. The molecule has 0 atom stereocenters. The van der Waals surface area contributed by atoms with Gasteiger partial charge in [0.05, 0.1) is 12.7 Å². The quantitative estimate of drug-likeness (QED) is 0.867. The first-order valence-corrected chi connectivity index (χ1v) is 6.21. The van der Waals surface area contributed by atoms with Crippen molar-refractivity contribution < 1.29 is 9.53 Å². The highest BCUT2D eigenvalue weighted by molar-refractivity contribution is 6.34. The van der Waals surface area contributed by atoms with Crippen molar-refractivity contribution in [2.75, 3.05) is 12.4 Å². The Morgan fingerprint density at radius 2 is 1.90 bits per heavy atom. The van der Waals surface area contributed by atoms with Gasteiger partial charge in [-0.25, -0.2) is 4.98 Å². The molecule has 1 N–H and O–H groups in total. The van der Waals surface area contributed by atoms with E-state index < -0.39 is 5.91 Å².